The predicted octanol–water partition coefficient (Wildman–Crippen LogP) is 3.81. The molecule has 0 aromatic heterocycles. The Balaban J connectivity index is 2.07. The minimum Gasteiger partial charge on any atom is -0.494 e. The van der Waals surface area contributed by atoms with Crippen molar-refractivity contribution in [1.82, 2.24) is 0 Å². The number of nitrogens with one attached hydrogen (secondary N) is 1. The number of halogens is 1. The van der Waals surface area contributed by atoms with Gasteiger partial charge in [0.05, 0.1) is 11.5 Å². The normalized spacial score (nSPS) is 11.2. The van der Waals surface area contributed by atoms with Crippen LogP contribution in [0.2, 0.25) is 0 Å². The molecule has 0 bridgehead atoms. The standard InChI is InChI=1S/C16H18FNO3S/c1-2-3-12-21-15-8-10-16(11-9-15)22(19,20)18-14-6-4-13(17)5-7-14/h4-11,18H,2-3,12H2,1H3. The lowest BCUT2D eigenvalue weighted by molar-refractivity contribution is 0.309. The Morgan fingerprint density at radius 2 is 1.68 bits per heavy atom. The molecular formula is C16H18FNO3S. The Bertz CT molecular complexity index is 697. The van der Waals surface area contributed by atoms with Crippen molar-refractivity contribution in [2.75, 3.05) is 11.3 Å². The Kier molecular flexibility index (Phi) is 5.38. The molecule has 0 unspecified atom stereocenters. The first-order valence-electron chi connectivity index (χ1n) is 7.02. The Hall–Kier alpha value is -2.08. The van der Waals surface area contributed by atoms with Crippen LogP contribution in [0.4, 0.5) is 10.1 Å². The Morgan fingerprint density at radius 3 is 2.27 bits per heavy atom. The van der Waals surface area contributed by atoms with E-state index < -0.39 is 15.8 Å². The van der Waals surface area contributed by atoms with E-state index in [1.54, 1.807) is 12.1 Å². The number of benzene rings is 2. The highest BCUT2D eigenvalue weighted by atomic mass is 32.2. The van der Waals surface area contributed by atoms with Crippen molar-refractivity contribution in [2.45, 2.75) is 24.7 Å². The fourth-order valence-electron chi connectivity index (χ4n) is 1.78. The highest BCUT2D eigenvalue weighted by Gasteiger charge is 2.14. The summed E-state index contributed by atoms with van der Waals surface area (Å²) in [7, 11) is -3.70. The molecule has 0 heterocycles. The third-order valence-corrected chi connectivity index (χ3v) is 4.39. The van der Waals surface area contributed by atoms with E-state index in [4.69, 9.17) is 4.74 Å². The van der Waals surface area contributed by atoms with Crippen LogP contribution in [0.3, 0.4) is 0 Å². The smallest absolute Gasteiger partial charge is 0.261 e. The van der Waals surface area contributed by atoms with Crippen LogP contribution in [0.1, 0.15) is 19.8 Å². The van der Waals surface area contributed by atoms with Crippen molar-refractivity contribution in [2.24, 2.45) is 0 Å². The summed E-state index contributed by atoms with van der Waals surface area (Å²) in [6.45, 7) is 2.68. The first kappa shape index (κ1) is 16.3. The minimum atomic E-state index is -3.70. The first-order chi connectivity index (χ1) is 10.5. The predicted molar refractivity (Wildman–Crippen MR) is 84.1 cm³/mol. The second-order valence-corrected chi connectivity index (χ2v) is 6.47. The molecule has 0 fully saturated rings. The molecule has 2 aromatic carbocycles. The van der Waals surface area contributed by atoms with Crippen molar-refractivity contribution in [1.29, 1.82) is 0 Å². The number of hydrogen-bond donors (Lipinski definition) is 1. The van der Waals surface area contributed by atoms with E-state index in [9.17, 15) is 12.8 Å². The van der Waals surface area contributed by atoms with Crippen LogP contribution in [-0.4, -0.2) is 15.0 Å². The van der Waals surface area contributed by atoms with Crippen LogP contribution in [0.25, 0.3) is 0 Å². The molecule has 6 heteroatoms. The van der Waals surface area contributed by atoms with Gasteiger partial charge >= 0.3 is 0 Å². The van der Waals surface area contributed by atoms with Gasteiger partial charge in [0.2, 0.25) is 0 Å². The van der Waals surface area contributed by atoms with Gasteiger partial charge in [0.25, 0.3) is 10.0 Å². The summed E-state index contributed by atoms with van der Waals surface area (Å²) in [4.78, 5) is 0.125. The van der Waals surface area contributed by atoms with Crippen molar-refractivity contribution in [3.8, 4) is 5.75 Å². The highest BCUT2D eigenvalue weighted by molar-refractivity contribution is 7.92. The lowest BCUT2D eigenvalue weighted by atomic mass is 10.3. The van der Waals surface area contributed by atoms with Gasteiger partial charge in [-0.1, -0.05) is 13.3 Å². The van der Waals surface area contributed by atoms with Gasteiger partial charge in [0, 0.05) is 5.69 Å². The van der Waals surface area contributed by atoms with Gasteiger partial charge in [-0.25, -0.2) is 12.8 Å². The molecule has 0 radical (unpaired) electrons. The van der Waals surface area contributed by atoms with Crippen LogP contribution in [0.15, 0.2) is 53.4 Å². The second-order valence-electron chi connectivity index (χ2n) is 4.79. The van der Waals surface area contributed by atoms with Gasteiger partial charge in [0.1, 0.15) is 11.6 Å². The maximum Gasteiger partial charge on any atom is 0.261 e. The van der Waals surface area contributed by atoms with E-state index in [0.29, 0.717) is 18.0 Å². The molecule has 0 aliphatic rings. The molecule has 1 N–H and O–H groups in total. The van der Waals surface area contributed by atoms with Crippen LogP contribution in [-0.2, 0) is 10.0 Å². The number of unbranched alkanes of at least 4 members (excludes halogenated alkanes) is 1. The van der Waals surface area contributed by atoms with Gasteiger partial charge in [-0.05, 0) is 55.0 Å². The van der Waals surface area contributed by atoms with Crippen molar-refractivity contribution >= 4 is 15.7 Å². The van der Waals surface area contributed by atoms with Gasteiger partial charge in [-0.15, -0.1) is 0 Å². The molecule has 2 rings (SSSR count). The van der Waals surface area contributed by atoms with Crippen LogP contribution >= 0.6 is 0 Å². The average molecular weight is 323 g/mol. The fourth-order valence-corrected chi connectivity index (χ4v) is 2.84. The minimum absolute atomic E-state index is 0.125. The summed E-state index contributed by atoms with van der Waals surface area (Å²) in [5.74, 6) is 0.214. The molecular weight excluding hydrogens is 305 g/mol. The van der Waals surface area contributed by atoms with Crippen molar-refractivity contribution in [3.63, 3.8) is 0 Å². The quantitative estimate of drug-likeness (QED) is 0.788. The highest BCUT2D eigenvalue weighted by Crippen LogP contribution is 2.19. The second kappa shape index (κ2) is 7.26. The topological polar surface area (TPSA) is 55.4 Å². The lowest BCUT2D eigenvalue weighted by Gasteiger charge is -2.09. The monoisotopic (exact) mass is 323 g/mol. The average Bonchev–Trinajstić information content (AvgIpc) is 2.50. The zero-order valence-corrected chi connectivity index (χ0v) is 13.1. The van der Waals surface area contributed by atoms with Gasteiger partial charge < -0.3 is 4.74 Å². The Morgan fingerprint density at radius 1 is 1.05 bits per heavy atom. The summed E-state index contributed by atoms with van der Waals surface area (Å²) in [6.07, 6.45) is 1.99. The molecule has 2 aromatic rings. The van der Waals surface area contributed by atoms with Crippen molar-refractivity contribution < 1.29 is 17.5 Å². The number of hydrogen-bond acceptors (Lipinski definition) is 3. The van der Waals surface area contributed by atoms with E-state index >= 15 is 0 Å². The number of anilines is 1. The van der Waals surface area contributed by atoms with Crippen LogP contribution in [0, 0.1) is 5.82 Å². The van der Waals surface area contributed by atoms with Gasteiger partial charge in [-0.3, -0.25) is 4.72 Å². The van der Waals surface area contributed by atoms with Gasteiger partial charge in [-0.2, -0.15) is 0 Å². The zero-order valence-electron chi connectivity index (χ0n) is 12.3. The maximum absolute atomic E-state index is 12.8. The zero-order chi connectivity index (χ0) is 16.0. The summed E-state index contributed by atoms with van der Waals surface area (Å²) < 4.78 is 45.1. The number of rotatable bonds is 7. The van der Waals surface area contributed by atoms with E-state index in [1.807, 2.05) is 0 Å². The summed E-state index contributed by atoms with van der Waals surface area (Å²) in [5.41, 5.74) is 0.310. The molecule has 0 aliphatic heterocycles. The fraction of sp³-hybridized carbons (Fsp3) is 0.250. The van der Waals surface area contributed by atoms with E-state index in [-0.39, 0.29) is 4.90 Å². The first-order valence-corrected chi connectivity index (χ1v) is 8.51. The van der Waals surface area contributed by atoms with E-state index in [0.717, 1.165) is 12.8 Å². The molecule has 0 spiro atoms. The molecule has 0 atom stereocenters. The summed E-state index contributed by atoms with van der Waals surface area (Å²) in [5, 5.41) is 0. The molecule has 0 saturated carbocycles. The summed E-state index contributed by atoms with van der Waals surface area (Å²) >= 11 is 0. The lowest BCUT2D eigenvalue weighted by Crippen LogP contribution is -2.12. The van der Waals surface area contributed by atoms with Crippen LogP contribution in [0.5, 0.6) is 5.75 Å². The SMILES string of the molecule is CCCCOc1ccc(S(=O)(=O)Nc2ccc(F)cc2)cc1. The van der Waals surface area contributed by atoms with Gasteiger partial charge in [0.15, 0.2) is 0 Å². The van der Waals surface area contributed by atoms with E-state index in [2.05, 4.69) is 11.6 Å². The Labute approximate surface area is 130 Å². The maximum atomic E-state index is 12.8. The molecule has 0 saturated heterocycles. The van der Waals surface area contributed by atoms with E-state index in [1.165, 1.54) is 36.4 Å². The summed E-state index contributed by atoms with van der Waals surface area (Å²) in [6, 6.07) is 11.3. The van der Waals surface area contributed by atoms with Crippen molar-refractivity contribution in [3.05, 3.63) is 54.3 Å². The molecule has 0 amide bonds. The largest absolute Gasteiger partial charge is 0.494 e. The molecule has 118 valence electrons. The van der Waals surface area contributed by atoms with Crippen LogP contribution < -0.4 is 9.46 Å². The third-order valence-electron chi connectivity index (χ3n) is 3.00. The number of sulfonamides is 1. The molecule has 22 heavy (non-hydrogen) atoms. The third kappa shape index (κ3) is 4.46. The molecule has 4 nitrogen and oxygen atoms in total. The number of ether oxygens (including phenoxy) is 1. The molecule has 0 aliphatic carbocycles.